The van der Waals surface area contributed by atoms with Crippen molar-refractivity contribution in [2.24, 2.45) is 0 Å². The van der Waals surface area contributed by atoms with Crippen LogP contribution >= 0.6 is 0 Å². The first kappa shape index (κ1) is 10.9. The van der Waals surface area contributed by atoms with Crippen LogP contribution in [0.25, 0.3) is 22.1 Å². The maximum Gasteiger partial charge on any atom is 0.134 e. The minimum Gasteiger partial charge on any atom is -0.494 e. The standard InChI is InChI=1S/C16H14O2/c1-2-17-13-9-7-12(8-10-13)15-11-18-16-6-4-3-5-14(15)16/h3-11H,2H2,1H3. The van der Waals surface area contributed by atoms with Crippen LogP contribution in [0.4, 0.5) is 0 Å². The SMILES string of the molecule is CCOc1ccc(-c2coc3ccccc23)cc1. The second-order valence-electron chi connectivity index (χ2n) is 4.10. The molecule has 0 aliphatic carbocycles. The van der Waals surface area contributed by atoms with E-state index in [1.807, 2.05) is 37.3 Å². The molecule has 2 aromatic carbocycles. The fourth-order valence-corrected chi connectivity index (χ4v) is 2.10. The van der Waals surface area contributed by atoms with Gasteiger partial charge in [-0.15, -0.1) is 0 Å². The zero-order valence-corrected chi connectivity index (χ0v) is 10.2. The highest BCUT2D eigenvalue weighted by molar-refractivity contribution is 5.93. The van der Waals surface area contributed by atoms with E-state index >= 15 is 0 Å². The summed E-state index contributed by atoms with van der Waals surface area (Å²) in [5, 5.41) is 1.14. The Morgan fingerprint density at radius 3 is 2.56 bits per heavy atom. The molecule has 0 aliphatic rings. The molecule has 3 rings (SSSR count). The summed E-state index contributed by atoms with van der Waals surface area (Å²) in [6, 6.07) is 16.1. The highest BCUT2D eigenvalue weighted by Crippen LogP contribution is 2.31. The second kappa shape index (κ2) is 4.57. The van der Waals surface area contributed by atoms with E-state index < -0.39 is 0 Å². The summed E-state index contributed by atoms with van der Waals surface area (Å²) < 4.78 is 11.0. The minimum absolute atomic E-state index is 0.688. The first-order chi connectivity index (χ1) is 8.88. The molecule has 0 aliphatic heterocycles. The molecule has 2 heteroatoms. The normalized spacial score (nSPS) is 10.7. The monoisotopic (exact) mass is 238 g/mol. The van der Waals surface area contributed by atoms with Crippen LogP contribution < -0.4 is 4.74 Å². The lowest BCUT2D eigenvalue weighted by Gasteiger charge is -2.03. The van der Waals surface area contributed by atoms with Crippen LogP contribution in [0.2, 0.25) is 0 Å². The van der Waals surface area contributed by atoms with E-state index in [-0.39, 0.29) is 0 Å². The average molecular weight is 238 g/mol. The molecule has 0 unspecified atom stereocenters. The molecule has 0 N–H and O–H groups in total. The summed E-state index contributed by atoms with van der Waals surface area (Å²) in [5.41, 5.74) is 3.18. The van der Waals surface area contributed by atoms with Gasteiger partial charge >= 0.3 is 0 Å². The summed E-state index contributed by atoms with van der Waals surface area (Å²) in [6.45, 7) is 2.67. The van der Waals surface area contributed by atoms with Crippen molar-refractivity contribution in [3.63, 3.8) is 0 Å². The number of rotatable bonds is 3. The maximum absolute atomic E-state index is 5.55. The van der Waals surface area contributed by atoms with Gasteiger partial charge in [-0.1, -0.05) is 30.3 Å². The molecule has 2 nitrogen and oxygen atoms in total. The van der Waals surface area contributed by atoms with Crippen molar-refractivity contribution in [2.75, 3.05) is 6.61 Å². The van der Waals surface area contributed by atoms with Gasteiger partial charge in [0.1, 0.15) is 11.3 Å². The van der Waals surface area contributed by atoms with Gasteiger partial charge in [0.25, 0.3) is 0 Å². The highest BCUT2D eigenvalue weighted by Gasteiger charge is 2.07. The number of hydrogen-bond donors (Lipinski definition) is 0. The molecular weight excluding hydrogens is 224 g/mol. The van der Waals surface area contributed by atoms with Crippen molar-refractivity contribution in [2.45, 2.75) is 6.92 Å². The molecular formula is C16H14O2. The van der Waals surface area contributed by atoms with Crippen LogP contribution in [0, 0.1) is 0 Å². The Hall–Kier alpha value is -2.22. The summed E-state index contributed by atoms with van der Waals surface area (Å²) in [7, 11) is 0. The Kier molecular flexibility index (Phi) is 2.77. The lowest BCUT2D eigenvalue weighted by molar-refractivity contribution is 0.340. The maximum atomic E-state index is 5.55. The van der Waals surface area contributed by atoms with Crippen molar-refractivity contribution in [1.29, 1.82) is 0 Å². The Bertz CT molecular complexity index is 650. The Balaban J connectivity index is 2.03. The molecule has 0 radical (unpaired) electrons. The van der Waals surface area contributed by atoms with E-state index in [0.29, 0.717) is 6.61 Å². The van der Waals surface area contributed by atoms with Gasteiger partial charge in [0.15, 0.2) is 0 Å². The quantitative estimate of drug-likeness (QED) is 0.670. The molecule has 3 aromatic rings. The van der Waals surface area contributed by atoms with Gasteiger partial charge in [0.2, 0.25) is 0 Å². The second-order valence-corrected chi connectivity index (χ2v) is 4.10. The van der Waals surface area contributed by atoms with Gasteiger partial charge in [-0.25, -0.2) is 0 Å². The molecule has 90 valence electrons. The Morgan fingerprint density at radius 2 is 1.78 bits per heavy atom. The first-order valence-electron chi connectivity index (χ1n) is 6.08. The fraction of sp³-hybridized carbons (Fsp3) is 0.125. The largest absolute Gasteiger partial charge is 0.494 e. The van der Waals surface area contributed by atoms with Crippen molar-refractivity contribution >= 4 is 11.0 Å². The van der Waals surface area contributed by atoms with E-state index in [2.05, 4.69) is 18.2 Å². The molecule has 18 heavy (non-hydrogen) atoms. The molecule has 0 fully saturated rings. The zero-order chi connectivity index (χ0) is 12.4. The van der Waals surface area contributed by atoms with Gasteiger partial charge < -0.3 is 9.15 Å². The minimum atomic E-state index is 0.688. The van der Waals surface area contributed by atoms with E-state index in [1.165, 1.54) is 0 Å². The molecule has 0 saturated carbocycles. The van der Waals surface area contributed by atoms with Crippen LogP contribution in [-0.2, 0) is 0 Å². The number of hydrogen-bond acceptors (Lipinski definition) is 2. The molecule has 0 atom stereocenters. The van der Waals surface area contributed by atoms with Gasteiger partial charge in [-0.2, -0.15) is 0 Å². The third-order valence-corrected chi connectivity index (χ3v) is 2.96. The number of benzene rings is 2. The van der Waals surface area contributed by atoms with Crippen molar-refractivity contribution in [3.05, 3.63) is 54.8 Å². The predicted octanol–water partition coefficient (Wildman–Crippen LogP) is 4.50. The van der Waals surface area contributed by atoms with Crippen LogP contribution in [-0.4, -0.2) is 6.61 Å². The number of furan rings is 1. The van der Waals surface area contributed by atoms with Gasteiger partial charge in [0, 0.05) is 10.9 Å². The summed E-state index contributed by atoms with van der Waals surface area (Å²) in [5.74, 6) is 0.897. The average Bonchev–Trinajstić information content (AvgIpc) is 2.84. The van der Waals surface area contributed by atoms with Crippen molar-refractivity contribution < 1.29 is 9.15 Å². The fourth-order valence-electron chi connectivity index (χ4n) is 2.10. The van der Waals surface area contributed by atoms with Gasteiger partial charge in [-0.3, -0.25) is 0 Å². The molecule has 0 spiro atoms. The zero-order valence-electron chi connectivity index (χ0n) is 10.2. The van der Waals surface area contributed by atoms with Gasteiger partial charge in [-0.05, 0) is 30.7 Å². The topological polar surface area (TPSA) is 22.4 Å². The molecule has 0 saturated heterocycles. The van der Waals surface area contributed by atoms with Crippen LogP contribution in [0.1, 0.15) is 6.92 Å². The van der Waals surface area contributed by atoms with Crippen LogP contribution in [0.15, 0.2) is 59.2 Å². The number of ether oxygens (including phenoxy) is 1. The van der Waals surface area contributed by atoms with Crippen molar-refractivity contribution in [1.82, 2.24) is 0 Å². The van der Waals surface area contributed by atoms with Crippen LogP contribution in [0.3, 0.4) is 0 Å². The molecule has 1 heterocycles. The third kappa shape index (κ3) is 1.86. The smallest absolute Gasteiger partial charge is 0.134 e. The summed E-state index contributed by atoms with van der Waals surface area (Å²) >= 11 is 0. The van der Waals surface area contributed by atoms with Crippen molar-refractivity contribution in [3.8, 4) is 16.9 Å². The number of para-hydroxylation sites is 1. The van der Waals surface area contributed by atoms with E-state index in [1.54, 1.807) is 6.26 Å². The summed E-state index contributed by atoms with van der Waals surface area (Å²) in [4.78, 5) is 0. The lowest BCUT2D eigenvalue weighted by Crippen LogP contribution is -1.90. The lowest BCUT2D eigenvalue weighted by atomic mass is 10.0. The molecule has 0 bridgehead atoms. The Morgan fingerprint density at radius 1 is 1.00 bits per heavy atom. The summed E-state index contributed by atoms with van der Waals surface area (Å²) in [6.07, 6.45) is 1.81. The predicted molar refractivity (Wildman–Crippen MR) is 72.8 cm³/mol. The van der Waals surface area contributed by atoms with E-state index in [4.69, 9.17) is 9.15 Å². The third-order valence-electron chi connectivity index (χ3n) is 2.96. The highest BCUT2D eigenvalue weighted by atomic mass is 16.5. The molecule has 0 amide bonds. The Labute approximate surface area is 106 Å². The number of fused-ring (bicyclic) bond motifs is 1. The van der Waals surface area contributed by atoms with E-state index in [0.717, 1.165) is 27.8 Å². The van der Waals surface area contributed by atoms with Gasteiger partial charge in [0.05, 0.1) is 12.9 Å². The first-order valence-corrected chi connectivity index (χ1v) is 6.08. The van der Waals surface area contributed by atoms with E-state index in [9.17, 15) is 0 Å². The molecule has 1 aromatic heterocycles. The van der Waals surface area contributed by atoms with Crippen LogP contribution in [0.5, 0.6) is 5.75 Å².